The molecule has 1 aromatic rings. The molecule has 0 saturated heterocycles. The molecule has 1 heterocycles. The monoisotopic (exact) mass is 334 g/mol. The Hall–Kier alpha value is -1.00. The van der Waals surface area contributed by atoms with Crippen LogP contribution in [-0.4, -0.2) is 17.6 Å². The third kappa shape index (κ3) is 2.39. The maximum absolute atomic E-state index is 4.93. The van der Waals surface area contributed by atoms with E-state index in [0.717, 1.165) is 21.6 Å². The van der Waals surface area contributed by atoms with Crippen molar-refractivity contribution in [2.24, 2.45) is 4.99 Å². The van der Waals surface area contributed by atoms with Crippen LogP contribution in [-0.2, 0) is 0 Å². The molecule has 0 bridgehead atoms. The van der Waals surface area contributed by atoms with Gasteiger partial charge in [0.2, 0.25) is 0 Å². The Morgan fingerprint density at radius 3 is 2.74 bits per heavy atom. The molecule has 0 fully saturated rings. The molecule has 2 nitrogen and oxygen atoms in total. The van der Waals surface area contributed by atoms with Gasteiger partial charge in [0.25, 0.3) is 0 Å². The van der Waals surface area contributed by atoms with Crippen molar-refractivity contribution in [1.29, 1.82) is 0 Å². The smallest absolute Gasteiger partial charge is 0.103 e. The van der Waals surface area contributed by atoms with Crippen LogP contribution in [0.25, 0.3) is 0 Å². The maximum atomic E-state index is 4.93. The average molecular weight is 335 g/mol. The van der Waals surface area contributed by atoms with Crippen molar-refractivity contribution in [3.63, 3.8) is 0 Å². The first-order chi connectivity index (χ1) is 9.10. The number of aliphatic imine (C=N–C) groups is 1. The predicted octanol–water partition coefficient (Wildman–Crippen LogP) is 4.55. The Kier molecular flexibility index (Phi) is 3.31. The van der Waals surface area contributed by atoms with Gasteiger partial charge in [0.1, 0.15) is 5.04 Å². The summed E-state index contributed by atoms with van der Waals surface area (Å²) in [5.74, 6) is 0. The summed E-state index contributed by atoms with van der Waals surface area (Å²) in [5, 5.41) is 4.25. The fraction of sp³-hybridized carbons (Fsp3) is 0.267. The molecule has 2 aliphatic rings. The molecular formula is C15H15BrN2S. The SMILES string of the molecule is CNc1ccc(C2=NC3(C)CC=C(Br)C=C3S2)cc1. The Morgan fingerprint density at radius 2 is 2.05 bits per heavy atom. The summed E-state index contributed by atoms with van der Waals surface area (Å²) in [6, 6.07) is 8.43. The molecule has 1 aliphatic heterocycles. The van der Waals surface area contributed by atoms with Crippen LogP contribution in [0, 0.1) is 0 Å². The minimum atomic E-state index is -0.0705. The molecule has 98 valence electrons. The number of thioether (sulfide) groups is 1. The molecule has 0 spiro atoms. The summed E-state index contributed by atoms with van der Waals surface area (Å²) in [6.07, 6.45) is 5.34. The van der Waals surface area contributed by atoms with Crippen molar-refractivity contribution < 1.29 is 0 Å². The second kappa shape index (κ2) is 4.84. The number of anilines is 1. The lowest BCUT2D eigenvalue weighted by atomic mass is 9.94. The number of rotatable bonds is 2. The van der Waals surface area contributed by atoms with Crippen LogP contribution in [0.3, 0.4) is 0 Å². The minimum absolute atomic E-state index is 0.0705. The Labute approximate surface area is 126 Å². The minimum Gasteiger partial charge on any atom is -0.388 e. The molecule has 0 amide bonds. The van der Waals surface area contributed by atoms with Crippen LogP contribution in [0.4, 0.5) is 5.69 Å². The Morgan fingerprint density at radius 1 is 1.32 bits per heavy atom. The lowest BCUT2D eigenvalue weighted by Crippen LogP contribution is -2.21. The number of allylic oxidation sites excluding steroid dienone is 2. The van der Waals surface area contributed by atoms with Crippen molar-refractivity contribution in [2.75, 3.05) is 12.4 Å². The highest BCUT2D eigenvalue weighted by atomic mass is 79.9. The van der Waals surface area contributed by atoms with Crippen molar-refractivity contribution in [3.05, 3.63) is 51.4 Å². The third-order valence-corrected chi connectivity index (χ3v) is 5.32. The van der Waals surface area contributed by atoms with E-state index in [1.807, 2.05) is 7.05 Å². The van der Waals surface area contributed by atoms with Gasteiger partial charge in [0.05, 0.1) is 5.54 Å². The summed E-state index contributed by atoms with van der Waals surface area (Å²) < 4.78 is 1.16. The first-order valence-corrected chi connectivity index (χ1v) is 7.85. The standard InChI is InChI=1S/C15H15BrN2S/c1-15-8-7-11(16)9-13(15)19-14(18-15)10-3-5-12(17-2)6-4-10/h3-7,9,17H,8H2,1-2H3. The van der Waals surface area contributed by atoms with Gasteiger partial charge >= 0.3 is 0 Å². The number of hydrogen-bond donors (Lipinski definition) is 1. The molecule has 0 saturated carbocycles. The zero-order valence-electron chi connectivity index (χ0n) is 10.9. The van der Waals surface area contributed by atoms with Crippen LogP contribution in [0.1, 0.15) is 18.9 Å². The number of fused-ring (bicyclic) bond motifs is 1. The summed E-state index contributed by atoms with van der Waals surface area (Å²) in [5.41, 5.74) is 2.25. The fourth-order valence-corrected chi connectivity index (χ4v) is 4.02. The van der Waals surface area contributed by atoms with Crippen molar-refractivity contribution in [1.82, 2.24) is 0 Å². The largest absolute Gasteiger partial charge is 0.388 e. The first kappa shape index (κ1) is 13.0. The van der Waals surface area contributed by atoms with Crippen molar-refractivity contribution >= 4 is 38.4 Å². The number of hydrogen-bond acceptors (Lipinski definition) is 3. The summed E-state index contributed by atoms with van der Waals surface area (Å²) in [6.45, 7) is 2.21. The lowest BCUT2D eigenvalue weighted by Gasteiger charge is -2.23. The number of benzene rings is 1. The van der Waals surface area contributed by atoms with Crippen molar-refractivity contribution in [3.8, 4) is 0 Å². The van der Waals surface area contributed by atoms with E-state index in [2.05, 4.69) is 64.6 Å². The van der Waals surface area contributed by atoms with Crippen LogP contribution in [0.5, 0.6) is 0 Å². The molecule has 1 aliphatic carbocycles. The van der Waals surface area contributed by atoms with Gasteiger partial charge in [0.15, 0.2) is 0 Å². The van der Waals surface area contributed by atoms with Gasteiger partial charge in [-0.2, -0.15) is 0 Å². The van der Waals surface area contributed by atoms with E-state index in [-0.39, 0.29) is 5.54 Å². The fourth-order valence-electron chi connectivity index (χ4n) is 2.23. The Balaban J connectivity index is 1.92. The molecule has 19 heavy (non-hydrogen) atoms. The highest BCUT2D eigenvalue weighted by Crippen LogP contribution is 2.47. The Bertz CT molecular complexity index is 601. The van der Waals surface area contributed by atoms with E-state index in [9.17, 15) is 0 Å². The van der Waals surface area contributed by atoms with E-state index in [0.29, 0.717) is 0 Å². The molecule has 1 N–H and O–H groups in total. The topological polar surface area (TPSA) is 24.4 Å². The molecule has 1 unspecified atom stereocenters. The van der Waals surface area contributed by atoms with Crippen LogP contribution in [0.2, 0.25) is 0 Å². The number of halogens is 1. The normalized spacial score (nSPS) is 25.3. The van der Waals surface area contributed by atoms with E-state index in [4.69, 9.17) is 4.99 Å². The summed E-state index contributed by atoms with van der Waals surface area (Å²) in [7, 11) is 1.93. The molecule has 3 rings (SSSR count). The molecule has 4 heteroatoms. The van der Waals surface area contributed by atoms with Crippen LogP contribution in [0.15, 0.2) is 50.8 Å². The molecule has 1 atom stereocenters. The van der Waals surface area contributed by atoms with Crippen LogP contribution < -0.4 is 5.32 Å². The van der Waals surface area contributed by atoms with Gasteiger partial charge in [-0.05, 0) is 31.6 Å². The van der Waals surface area contributed by atoms with E-state index in [1.165, 1.54) is 10.5 Å². The zero-order valence-corrected chi connectivity index (χ0v) is 13.3. The molecule has 0 radical (unpaired) electrons. The molecule has 0 aromatic heterocycles. The highest BCUT2D eigenvalue weighted by molar-refractivity contribution is 9.11. The average Bonchev–Trinajstić information content (AvgIpc) is 2.76. The highest BCUT2D eigenvalue weighted by Gasteiger charge is 2.37. The van der Waals surface area contributed by atoms with Gasteiger partial charge in [-0.25, -0.2) is 0 Å². The maximum Gasteiger partial charge on any atom is 0.103 e. The van der Waals surface area contributed by atoms with Crippen molar-refractivity contribution in [2.45, 2.75) is 18.9 Å². The van der Waals surface area contributed by atoms with Crippen LogP contribution >= 0.6 is 27.7 Å². The van der Waals surface area contributed by atoms with E-state index >= 15 is 0 Å². The predicted molar refractivity (Wildman–Crippen MR) is 88.2 cm³/mol. The summed E-state index contributed by atoms with van der Waals surface area (Å²) >= 11 is 5.34. The van der Waals surface area contributed by atoms with E-state index < -0.39 is 0 Å². The zero-order chi connectivity index (χ0) is 13.5. The number of nitrogens with zero attached hydrogens (tertiary/aromatic N) is 1. The molecular weight excluding hydrogens is 320 g/mol. The van der Waals surface area contributed by atoms with Gasteiger partial charge in [-0.1, -0.05) is 45.9 Å². The summed E-state index contributed by atoms with van der Waals surface area (Å²) in [4.78, 5) is 6.26. The lowest BCUT2D eigenvalue weighted by molar-refractivity contribution is 0.590. The van der Waals surface area contributed by atoms with Gasteiger partial charge in [-0.3, -0.25) is 4.99 Å². The number of nitrogens with one attached hydrogen (secondary N) is 1. The van der Waals surface area contributed by atoms with Gasteiger partial charge in [0, 0.05) is 27.7 Å². The first-order valence-electron chi connectivity index (χ1n) is 6.24. The van der Waals surface area contributed by atoms with Gasteiger partial charge < -0.3 is 5.32 Å². The molecule has 1 aromatic carbocycles. The van der Waals surface area contributed by atoms with Gasteiger partial charge in [-0.15, -0.1) is 0 Å². The third-order valence-electron chi connectivity index (χ3n) is 3.47. The van der Waals surface area contributed by atoms with E-state index in [1.54, 1.807) is 11.8 Å². The second-order valence-corrected chi connectivity index (χ2v) is 6.87. The second-order valence-electron chi connectivity index (χ2n) is 4.92. The quantitative estimate of drug-likeness (QED) is 0.858.